The molecule has 4 aliphatic rings. The Bertz CT molecular complexity index is 854. The normalized spacial score (nSPS) is 32.0. The maximum absolute atomic E-state index is 13.1. The average Bonchev–Trinajstić information content (AvgIpc) is 2.61. The minimum absolute atomic E-state index is 0.0493. The van der Waals surface area contributed by atoms with E-state index in [1.807, 2.05) is 6.92 Å². The van der Waals surface area contributed by atoms with Crippen LogP contribution in [0.25, 0.3) is 0 Å². The largest absolute Gasteiger partial charge is 0.455 e. The van der Waals surface area contributed by atoms with Crippen LogP contribution < -0.4 is 10.6 Å². The van der Waals surface area contributed by atoms with Crippen molar-refractivity contribution in [2.45, 2.75) is 57.9 Å². The summed E-state index contributed by atoms with van der Waals surface area (Å²) in [5.74, 6) is 0.119. The van der Waals surface area contributed by atoms with Crippen molar-refractivity contribution in [2.24, 2.45) is 17.3 Å². The number of esters is 1. The molecule has 2 amide bonds. The van der Waals surface area contributed by atoms with Crippen LogP contribution in [0.1, 0.15) is 51.0 Å². The molecule has 0 spiro atoms. The van der Waals surface area contributed by atoms with Gasteiger partial charge in [0.1, 0.15) is 0 Å². The SMILES string of the molecule is CC(=O)NC12C[C@H]3C[C@@H](C1)CC(C(=O)OCC(=O)Nc1cccc(Cl)c1C)(C3)C2. The highest BCUT2D eigenvalue weighted by molar-refractivity contribution is 6.31. The molecule has 2 unspecified atom stereocenters. The standard InChI is InChI=1S/C22H27ClN2O4/c1-13-17(23)4-3-5-18(13)24-19(27)11-29-20(28)21-7-15-6-16(8-21)10-22(9-15,12-21)25-14(2)26/h3-5,15-16H,6-12H2,1-2H3,(H,24,27)(H,25,26)/t15-,16+,21?,22?. The number of benzene rings is 1. The summed E-state index contributed by atoms with van der Waals surface area (Å²) in [6.07, 6.45) is 5.18. The Morgan fingerprint density at radius 1 is 1.17 bits per heavy atom. The van der Waals surface area contributed by atoms with Gasteiger partial charge in [0.2, 0.25) is 5.91 Å². The maximum Gasteiger partial charge on any atom is 0.312 e. The Labute approximate surface area is 175 Å². The number of carbonyl (C=O) groups excluding carboxylic acids is 3. The zero-order valence-corrected chi connectivity index (χ0v) is 17.6. The molecule has 0 saturated heterocycles. The van der Waals surface area contributed by atoms with Gasteiger partial charge < -0.3 is 15.4 Å². The number of nitrogens with one attached hydrogen (secondary N) is 2. The first-order valence-corrected chi connectivity index (χ1v) is 10.6. The van der Waals surface area contributed by atoms with E-state index in [0.29, 0.717) is 29.0 Å². The van der Waals surface area contributed by atoms with Crippen LogP contribution >= 0.6 is 11.6 Å². The zero-order chi connectivity index (χ0) is 20.8. The zero-order valence-electron chi connectivity index (χ0n) is 16.8. The van der Waals surface area contributed by atoms with Crippen LogP contribution in [0.2, 0.25) is 5.02 Å². The first kappa shape index (κ1) is 20.2. The molecule has 4 saturated carbocycles. The fraction of sp³-hybridized carbons (Fsp3) is 0.591. The summed E-state index contributed by atoms with van der Waals surface area (Å²) >= 11 is 6.08. The van der Waals surface area contributed by atoms with Crippen LogP contribution in [0.4, 0.5) is 5.69 Å². The fourth-order valence-corrected chi connectivity index (χ4v) is 6.41. The van der Waals surface area contributed by atoms with Crippen molar-refractivity contribution in [2.75, 3.05) is 11.9 Å². The van der Waals surface area contributed by atoms with Gasteiger partial charge in [-0.05, 0) is 75.0 Å². The van der Waals surface area contributed by atoms with E-state index in [1.165, 1.54) is 6.92 Å². The molecule has 4 bridgehead atoms. The molecule has 1 aromatic rings. The number of hydrogen-bond donors (Lipinski definition) is 2. The molecule has 0 aliphatic heterocycles. The second-order valence-electron chi connectivity index (χ2n) is 9.24. The Kier molecular flexibility index (Phi) is 5.09. The molecule has 0 radical (unpaired) electrons. The van der Waals surface area contributed by atoms with Crippen molar-refractivity contribution in [3.8, 4) is 0 Å². The van der Waals surface area contributed by atoms with E-state index in [1.54, 1.807) is 18.2 Å². The average molecular weight is 419 g/mol. The van der Waals surface area contributed by atoms with Crippen LogP contribution in [0, 0.1) is 24.2 Å². The van der Waals surface area contributed by atoms with E-state index < -0.39 is 5.41 Å². The van der Waals surface area contributed by atoms with Gasteiger partial charge in [-0.3, -0.25) is 14.4 Å². The van der Waals surface area contributed by atoms with Crippen LogP contribution in [0.15, 0.2) is 18.2 Å². The van der Waals surface area contributed by atoms with Crippen molar-refractivity contribution < 1.29 is 19.1 Å². The molecule has 0 heterocycles. The first-order chi connectivity index (χ1) is 13.7. The quantitative estimate of drug-likeness (QED) is 0.715. The Balaban J connectivity index is 1.41. The molecule has 4 aliphatic carbocycles. The number of ether oxygens (including phenoxy) is 1. The third-order valence-electron chi connectivity index (χ3n) is 6.81. The van der Waals surface area contributed by atoms with Crippen molar-refractivity contribution in [3.05, 3.63) is 28.8 Å². The van der Waals surface area contributed by atoms with Gasteiger partial charge in [0, 0.05) is 23.2 Å². The van der Waals surface area contributed by atoms with E-state index in [4.69, 9.17) is 16.3 Å². The van der Waals surface area contributed by atoms with Gasteiger partial charge in [-0.2, -0.15) is 0 Å². The lowest BCUT2D eigenvalue weighted by Crippen LogP contribution is -2.64. The topological polar surface area (TPSA) is 84.5 Å². The molecular formula is C22H27ClN2O4. The summed E-state index contributed by atoms with van der Waals surface area (Å²) in [6.45, 7) is 3.03. The number of halogens is 1. The Hall–Kier alpha value is -2.08. The molecular weight excluding hydrogens is 392 g/mol. The lowest BCUT2D eigenvalue weighted by molar-refractivity contribution is -0.176. The fourth-order valence-electron chi connectivity index (χ4n) is 6.23. The van der Waals surface area contributed by atoms with E-state index in [-0.39, 0.29) is 29.9 Å². The summed E-state index contributed by atoms with van der Waals surface area (Å²) in [4.78, 5) is 37.1. The maximum atomic E-state index is 13.1. The minimum Gasteiger partial charge on any atom is -0.455 e. The Morgan fingerprint density at radius 3 is 2.52 bits per heavy atom. The monoisotopic (exact) mass is 418 g/mol. The van der Waals surface area contributed by atoms with Gasteiger partial charge in [-0.1, -0.05) is 17.7 Å². The molecule has 29 heavy (non-hydrogen) atoms. The molecule has 156 valence electrons. The highest BCUT2D eigenvalue weighted by Crippen LogP contribution is 2.62. The van der Waals surface area contributed by atoms with Gasteiger partial charge in [-0.25, -0.2) is 0 Å². The summed E-state index contributed by atoms with van der Waals surface area (Å²) < 4.78 is 5.48. The molecule has 4 fully saturated rings. The number of amides is 2. The van der Waals surface area contributed by atoms with Crippen molar-refractivity contribution in [1.29, 1.82) is 0 Å². The highest BCUT2D eigenvalue weighted by Gasteiger charge is 2.61. The molecule has 6 nitrogen and oxygen atoms in total. The highest BCUT2D eigenvalue weighted by atomic mass is 35.5. The molecule has 4 atom stereocenters. The van der Waals surface area contributed by atoms with Gasteiger partial charge in [0.25, 0.3) is 5.91 Å². The first-order valence-electron chi connectivity index (χ1n) is 10.2. The predicted octanol–water partition coefficient (Wildman–Crippen LogP) is 3.61. The van der Waals surface area contributed by atoms with Gasteiger partial charge >= 0.3 is 5.97 Å². The van der Waals surface area contributed by atoms with Crippen molar-refractivity contribution in [3.63, 3.8) is 0 Å². The van der Waals surface area contributed by atoms with Crippen molar-refractivity contribution >= 4 is 35.1 Å². The van der Waals surface area contributed by atoms with Crippen LogP contribution in [-0.4, -0.2) is 29.9 Å². The summed E-state index contributed by atoms with van der Waals surface area (Å²) in [5, 5.41) is 6.46. The lowest BCUT2D eigenvalue weighted by Gasteiger charge is -2.60. The number of carbonyl (C=O) groups is 3. The third-order valence-corrected chi connectivity index (χ3v) is 7.22. The lowest BCUT2D eigenvalue weighted by atomic mass is 9.47. The summed E-state index contributed by atoms with van der Waals surface area (Å²) in [6, 6.07) is 5.27. The molecule has 7 heteroatoms. The summed E-state index contributed by atoms with van der Waals surface area (Å²) in [7, 11) is 0. The number of rotatable bonds is 5. The predicted molar refractivity (Wildman–Crippen MR) is 109 cm³/mol. The van der Waals surface area contributed by atoms with Gasteiger partial charge in [0.05, 0.1) is 5.41 Å². The second-order valence-corrected chi connectivity index (χ2v) is 9.65. The van der Waals surface area contributed by atoms with Crippen LogP contribution in [-0.2, 0) is 19.1 Å². The minimum atomic E-state index is -0.585. The van der Waals surface area contributed by atoms with Crippen molar-refractivity contribution in [1.82, 2.24) is 5.32 Å². The smallest absolute Gasteiger partial charge is 0.312 e. The molecule has 5 rings (SSSR count). The Morgan fingerprint density at radius 2 is 1.86 bits per heavy atom. The molecule has 0 aromatic heterocycles. The van der Waals surface area contributed by atoms with E-state index in [0.717, 1.165) is 37.7 Å². The van der Waals surface area contributed by atoms with E-state index in [2.05, 4.69) is 10.6 Å². The second kappa shape index (κ2) is 7.31. The van der Waals surface area contributed by atoms with Gasteiger partial charge in [0.15, 0.2) is 6.61 Å². The number of anilines is 1. The molecule has 2 N–H and O–H groups in total. The summed E-state index contributed by atoms with van der Waals surface area (Å²) in [5.41, 5.74) is 0.499. The van der Waals surface area contributed by atoms with Crippen LogP contribution in [0.5, 0.6) is 0 Å². The third kappa shape index (κ3) is 3.87. The number of hydrogen-bond acceptors (Lipinski definition) is 4. The van der Waals surface area contributed by atoms with Gasteiger partial charge in [-0.15, -0.1) is 0 Å². The molecule has 1 aromatic carbocycles. The van der Waals surface area contributed by atoms with Crippen LogP contribution in [0.3, 0.4) is 0 Å². The van der Waals surface area contributed by atoms with E-state index in [9.17, 15) is 14.4 Å². The van der Waals surface area contributed by atoms with E-state index >= 15 is 0 Å².